The molecular formula is C37H38N10O2. The van der Waals surface area contributed by atoms with E-state index in [9.17, 15) is 5.11 Å². The second kappa shape index (κ2) is 13.4. The van der Waals surface area contributed by atoms with Crippen molar-refractivity contribution in [2.75, 3.05) is 28.6 Å². The van der Waals surface area contributed by atoms with Crippen LogP contribution >= 0.6 is 0 Å². The number of benzene rings is 2. The fourth-order valence-electron chi connectivity index (χ4n) is 7.19. The Bertz CT molecular complexity index is 1970. The Morgan fingerprint density at radius 1 is 0.898 bits per heavy atom. The van der Waals surface area contributed by atoms with Crippen molar-refractivity contribution in [1.82, 2.24) is 10.1 Å². The zero-order chi connectivity index (χ0) is 33.2. The van der Waals surface area contributed by atoms with E-state index in [2.05, 4.69) is 67.1 Å². The van der Waals surface area contributed by atoms with Gasteiger partial charge in [-0.1, -0.05) is 36.6 Å². The molecule has 0 radical (unpaired) electrons. The fraction of sp³-hybridized carbons (Fsp3) is 0.297. The zero-order valence-electron chi connectivity index (χ0n) is 27.1. The molecule has 0 spiro atoms. The molecule has 5 heterocycles. The number of nitrogens with one attached hydrogen (secondary N) is 3. The number of anilines is 4. The average Bonchev–Trinajstić information content (AvgIpc) is 3.65. The number of aliphatic imine (C=N–C) groups is 4. The van der Waals surface area contributed by atoms with Gasteiger partial charge >= 0.3 is 0 Å². The molecule has 4 N–H and O–H groups in total. The molecule has 1 aromatic heterocycles. The smallest absolute Gasteiger partial charge is 0.239 e. The van der Waals surface area contributed by atoms with Crippen LogP contribution in [0.2, 0.25) is 0 Å². The summed E-state index contributed by atoms with van der Waals surface area (Å²) in [6.45, 7) is 2.06. The molecule has 0 amide bonds. The van der Waals surface area contributed by atoms with Gasteiger partial charge in [-0.2, -0.15) is 0 Å². The van der Waals surface area contributed by atoms with E-state index in [1.165, 1.54) is 56.5 Å². The molecule has 3 aromatic rings. The van der Waals surface area contributed by atoms with Crippen LogP contribution in [0.1, 0.15) is 74.0 Å². The second-order valence-electron chi connectivity index (χ2n) is 12.8. The monoisotopic (exact) mass is 654 g/mol. The summed E-state index contributed by atoms with van der Waals surface area (Å²) in [5, 5.41) is 28.5. The van der Waals surface area contributed by atoms with Gasteiger partial charge in [0.05, 0.1) is 34.7 Å². The Kier molecular flexibility index (Phi) is 8.34. The number of aliphatic hydroxyl groups excluding tert-OH is 1. The summed E-state index contributed by atoms with van der Waals surface area (Å²) in [6.07, 6.45) is 19.1. The third-order valence-corrected chi connectivity index (χ3v) is 9.61. The minimum Gasteiger partial charge on any atom is -0.495 e. The molecule has 0 unspecified atom stereocenters. The topological polar surface area (TPSA) is 150 Å². The number of guanidine groups is 2. The van der Waals surface area contributed by atoms with Gasteiger partial charge in [-0.3, -0.25) is 0 Å². The predicted molar refractivity (Wildman–Crippen MR) is 195 cm³/mol. The molecule has 8 rings (SSSR count). The van der Waals surface area contributed by atoms with E-state index < -0.39 is 0 Å². The molecule has 12 heteroatoms. The molecule has 1 saturated carbocycles. The van der Waals surface area contributed by atoms with E-state index in [1.807, 2.05) is 17.1 Å². The molecule has 1 saturated heterocycles. The molecule has 1 aliphatic carbocycles. The molecule has 0 atom stereocenters. The number of aromatic nitrogens is 1. The Morgan fingerprint density at radius 2 is 1.73 bits per heavy atom. The van der Waals surface area contributed by atoms with Gasteiger partial charge in [-0.05, 0) is 80.0 Å². The highest BCUT2D eigenvalue weighted by Gasteiger charge is 2.32. The Labute approximate surface area is 284 Å². The van der Waals surface area contributed by atoms with E-state index in [1.54, 1.807) is 12.3 Å². The van der Waals surface area contributed by atoms with Crippen molar-refractivity contribution >= 4 is 58.8 Å². The van der Waals surface area contributed by atoms with E-state index in [-0.39, 0.29) is 5.88 Å². The summed E-state index contributed by atoms with van der Waals surface area (Å²) in [7, 11) is 0. The number of rotatable bonds is 9. The third-order valence-electron chi connectivity index (χ3n) is 9.61. The summed E-state index contributed by atoms with van der Waals surface area (Å²) in [5.41, 5.74) is 7.84. The SMILES string of the molecule is N=C/C=C(\O)Nc1cc(C2CCCCC2)ccc1C1=NC2=NC=NC3=NC(c4ccc(N5CCCCC5)cc4Nc4ccno4)=CC(=C1)N23. The highest BCUT2D eigenvalue weighted by Crippen LogP contribution is 2.39. The maximum absolute atomic E-state index is 10.6. The first kappa shape index (κ1) is 30.5. The van der Waals surface area contributed by atoms with E-state index in [0.29, 0.717) is 35.1 Å². The van der Waals surface area contributed by atoms with Crippen LogP contribution in [0, 0.1) is 5.41 Å². The van der Waals surface area contributed by atoms with Crippen LogP contribution in [-0.4, -0.2) is 58.4 Å². The molecule has 248 valence electrons. The molecule has 4 aliphatic heterocycles. The summed E-state index contributed by atoms with van der Waals surface area (Å²) in [5.74, 6) is 1.83. The third kappa shape index (κ3) is 6.29. The summed E-state index contributed by atoms with van der Waals surface area (Å²) in [4.78, 5) is 23.2. The molecule has 0 bridgehead atoms. The van der Waals surface area contributed by atoms with Crippen LogP contribution in [0.25, 0.3) is 5.70 Å². The molecular weight excluding hydrogens is 616 g/mol. The van der Waals surface area contributed by atoms with Gasteiger partial charge in [0, 0.05) is 48.3 Å². The van der Waals surface area contributed by atoms with Crippen molar-refractivity contribution in [2.45, 2.75) is 57.3 Å². The Hall–Kier alpha value is -5.78. The van der Waals surface area contributed by atoms with Crippen molar-refractivity contribution in [2.24, 2.45) is 20.0 Å². The average molecular weight is 655 g/mol. The van der Waals surface area contributed by atoms with Gasteiger partial charge in [0.15, 0.2) is 5.88 Å². The van der Waals surface area contributed by atoms with Crippen LogP contribution in [-0.2, 0) is 0 Å². The van der Waals surface area contributed by atoms with Crippen molar-refractivity contribution in [3.05, 3.63) is 95.2 Å². The van der Waals surface area contributed by atoms with E-state index in [0.717, 1.165) is 66.0 Å². The maximum atomic E-state index is 10.6. The summed E-state index contributed by atoms with van der Waals surface area (Å²) in [6, 6.07) is 14.5. The fourth-order valence-corrected chi connectivity index (χ4v) is 7.19. The lowest BCUT2D eigenvalue weighted by Gasteiger charge is -2.32. The van der Waals surface area contributed by atoms with Crippen LogP contribution < -0.4 is 15.5 Å². The highest BCUT2D eigenvalue weighted by atomic mass is 16.5. The van der Waals surface area contributed by atoms with Crippen LogP contribution in [0.3, 0.4) is 0 Å². The predicted octanol–water partition coefficient (Wildman–Crippen LogP) is 7.71. The van der Waals surface area contributed by atoms with Crippen LogP contribution in [0.15, 0.2) is 103 Å². The second-order valence-corrected chi connectivity index (χ2v) is 12.8. The lowest BCUT2D eigenvalue weighted by molar-refractivity contribution is 0.420. The van der Waals surface area contributed by atoms with Gasteiger partial charge in [0.1, 0.15) is 6.34 Å². The Morgan fingerprint density at radius 3 is 2.55 bits per heavy atom. The molecule has 49 heavy (non-hydrogen) atoms. The highest BCUT2D eigenvalue weighted by molar-refractivity contribution is 6.24. The van der Waals surface area contributed by atoms with Gasteiger partial charge in [0.25, 0.3) is 0 Å². The number of piperidine rings is 1. The zero-order valence-corrected chi connectivity index (χ0v) is 27.1. The van der Waals surface area contributed by atoms with Crippen molar-refractivity contribution in [1.29, 1.82) is 5.41 Å². The normalized spacial score (nSPS) is 19.3. The van der Waals surface area contributed by atoms with Crippen molar-refractivity contribution in [3.63, 3.8) is 0 Å². The van der Waals surface area contributed by atoms with Gasteiger partial charge in [-0.25, -0.2) is 24.9 Å². The van der Waals surface area contributed by atoms with Gasteiger partial charge in [0.2, 0.25) is 17.8 Å². The summed E-state index contributed by atoms with van der Waals surface area (Å²) >= 11 is 0. The van der Waals surface area contributed by atoms with Crippen molar-refractivity contribution < 1.29 is 9.63 Å². The van der Waals surface area contributed by atoms with Crippen LogP contribution in [0.5, 0.6) is 0 Å². The first-order valence-electron chi connectivity index (χ1n) is 17.0. The molecule has 12 nitrogen and oxygen atoms in total. The molecule has 5 aliphatic rings. The first-order valence-corrected chi connectivity index (χ1v) is 17.0. The number of hydrogen-bond donors (Lipinski definition) is 4. The number of nitrogens with zero attached hydrogens (tertiary/aromatic N) is 7. The summed E-state index contributed by atoms with van der Waals surface area (Å²) < 4.78 is 5.44. The lowest BCUT2D eigenvalue weighted by atomic mass is 9.83. The minimum absolute atomic E-state index is 0.112. The van der Waals surface area contributed by atoms with E-state index in [4.69, 9.17) is 19.9 Å². The largest absolute Gasteiger partial charge is 0.495 e. The Balaban J connectivity index is 1.20. The van der Waals surface area contributed by atoms with Gasteiger partial charge in [-0.15, -0.1) is 0 Å². The van der Waals surface area contributed by atoms with Crippen molar-refractivity contribution in [3.8, 4) is 0 Å². The van der Waals surface area contributed by atoms with E-state index >= 15 is 0 Å². The quantitative estimate of drug-likeness (QED) is 0.136. The molecule has 2 aromatic carbocycles. The van der Waals surface area contributed by atoms with Gasteiger partial charge < -0.3 is 30.6 Å². The van der Waals surface area contributed by atoms with Crippen LogP contribution in [0.4, 0.5) is 22.9 Å². The standard InChI is InChI=1S/C37H38N10O2/c38-15-13-34(48)42-30-19-25(24-7-3-1-4-8-24)9-11-28(30)32-21-27-22-33(45-37-40-23-39-36(44-32)47(27)37)29-12-10-26(46-17-5-2-6-18-46)20-31(29)43-35-14-16-41-49-35/h9-16,19-24,38,42-43,48H,1-8,17-18H2/b34-13-,38-15?. The first-order chi connectivity index (χ1) is 24.1. The number of allylic oxidation sites excluding steroid dienone is 3. The minimum atomic E-state index is -0.112. The number of aliphatic hydroxyl groups is 1. The number of hydrogen-bond acceptors (Lipinski definition) is 12. The maximum Gasteiger partial charge on any atom is 0.239 e. The molecule has 2 fully saturated rings. The lowest BCUT2D eigenvalue weighted by Crippen LogP contribution is -2.40.